The maximum Gasteiger partial charge on any atom is 0.339 e. The summed E-state index contributed by atoms with van der Waals surface area (Å²) in [6, 6.07) is 0. The lowest BCUT2D eigenvalue weighted by Crippen LogP contribution is -2.38. The highest BCUT2D eigenvalue weighted by Gasteiger charge is 2.49. The first kappa shape index (κ1) is 25.2. The standard InChI is InChI=1S/C24H44O4/c1-4-5-6-7-8-9-10-11-12-13-14-15-16-17-18-19-20-21-22(25)24(2,27-3)28-23(21)26/h20,22,25H,4-19H2,1-3H3. The van der Waals surface area contributed by atoms with E-state index in [0.29, 0.717) is 5.57 Å². The number of aliphatic hydroxyl groups excluding tert-OH is 1. The van der Waals surface area contributed by atoms with Gasteiger partial charge >= 0.3 is 5.97 Å². The Labute approximate surface area is 173 Å². The molecule has 0 aromatic carbocycles. The molecule has 0 spiro atoms. The number of ether oxygens (including phenoxy) is 2. The fourth-order valence-corrected chi connectivity index (χ4v) is 3.81. The van der Waals surface area contributed by atoms with Crippen molar-refractivity contribution in [1.29, 1.82) is 0 Å². The second-order valence-corrected chi connectivity index (χ2v) is 8.41. The summed E-state index contributed by atoms with van der Waals surface area (Å²) in [5.41, 5.74) is 0.342. The normalized spacial score (nSPS) is 23.5. The Morgan fingerprint density at radius 1 is 0.893 bits per heavy atom. The van der Waals surface area contributed by atoms with Gasteiger partial charge in [0.15, 0.2) is 6.10 Å². The highest BCUT2D eigenvalue weighted by Crippen LogP contribution is 2.32. The molecule has 0 aromatic heterocycles. The van der Waals surface area contributed by atoms with Crippen LogP contribution in [0.1, 0.15) is 117 Å². The van der Waals surface area contributed by atoms with E-state index in [1.165, 1.54) is 97.0 Å². The molecule has 0 amide bonds. The number of esters is 1. The summed E-state index contributed by atoms with van der Waals surface area (Å²) in [5, 5.41) is 10.2. The maximum absolute atomic E-state index is 11.8. The van der Waals surface area contributed by atoms with Gasteiger partial charge in [-0.25, -0.2) is 4.79 Å². The van der Waals surface area contributed by atoms with Crippen LogP contribution in [0, 0.1) is 0 Å². The fraction of sp³-hybridized carbons (Fsp3) is 0.875. The molecule has 1 N–H and O–H groups in total. The average Bonchev–Trinajstić information content (AvgIpc) is 2.91. The SMILES string of the molecule is CCCCCCCCCCCCCCCCCC=C1C(=O)OC(C)(OC)C1O. The second-order valence-electron chi connectivity index (χ2n) is 8.41. The van der Waals surface area contributed by atoms with Gasteiger partial charge < -0.3 is 14.6 Å². The van der Waals surface area contributed by atoms with Crippen molar-refractivity contribution in [1.82, 2.24) is 0 Å². The Kier molecular flexibility index (Phi) is 13.5. The quantitative estimate of drug-likeness (QED) is 0.174. The van der Waals surface area contributed by atoms with Crippen LogP contribution < -0.4 is 0 Å². The molecule has 1 aliphatic heterocycles. The first-order valence-corrected chi connectivity index (χ1v) is 11.7. The molecule has 164 valence electrons. The Bertz CT molecular complexity index is 446. The van der Waals surface area contributed by atoms with Crippen LogP contribution in [-0.2, 0) is 14.3 Å². The summed E-state index contributed by atoms with van der Waals surface area (Å²) >= 11 is 0. The summed E-state index contributed by atoms with van der Waals surface area (Å²) < 4.78 is 10.2. The molecule has 0 bridgehead atoms. The molecule has 4 heteroatoms. The predicted octanol–water partition coefficient (Wildman–Crippen LogP) is 6.45. The average molecular weight is 397 g/mol. The number of cyclic esters (lactones) is 1. The number of carbonyl (C=O) groups excluding carboxylic acids is 1. The van der Waals surface area contributed by atoms with E-state index >= 15 is 0 Å². The van der Waals surface area contributed by atoms with Crippen LogP contribution in [0.15, 0.2) is 11.6 Å². The number of unbranched alkanes of at least 4 members (excludes halogenated alkanes) is 15. The van der Waals surface area contributed by atoms with Gasteiger partial charge in [-0.15, -0.1) is 0 Å². The van der Waals surface area contributed by atoms with Gasteiger partial charge in [0.05, 0.1) is 5.57 Å². The lowest BCUT2D eigenvalue weighted by molar-refractivity contribution is -0.218. The number of carbonyl (C=O) groups is 1. The number of rotatable bonds is 17. The Morgan fingerprint density at radius 2 is 1.32 bits per heavy atom. The van der Waals surface area contributed by atoms with Crippen molar-refractivity contribution in [2.45, 2.75) is 128 Å². The number of aliphatic hydroxyl groups is 1. The largest absolute Gasteiger partial charge is 0.427 e. The van der Waals surface area contributed by atoms with Crippen molar-refractivity contribution < 1.29 is 19.4 Å². The third-order valence-corrected chi connectivity index (χ3v) is 5.90. The second kappa shape index (κ2) is 15.0. The van der Waals surface area contributed by atoms with Crippen molar-refractivity contribution >= 4 is 5.97 Å². The summed E-state index contributed by atoms with van der Waals surface area (Å²) in [4.78, 5) is 11.8. The molecule has 4 nitrogen and oxygen atoms in total. The fourth-order valence-electron chi connectivity index (χ4n) is 3.81. The number of hydrogen-bond acceptors (Lipinski definition) is 4. The van der Waals surface area contributed by atoms with Crippen molar-refractivity contribution in [3.05, 3.63) is 11.6 Å². The van der Waals surface area contributed by atoms with Gasteiger partial charge in [0, 0.05) is 14.0 Å². The van der Waals surface area contributed by atoms with Crippen molar-refractivity contribution in [3.63, 3.8) is 0 Å². The Hall–Kier alpha value is -0.870. The smallest absolute Gasteiger partial charge is 0.339 e. The molecule has 2 atom stereocenters. The lowest BCUT2D eigenvalue weighted by Gasteiger charge is -2.23. The van der Waals surface area contributed by atoms with Crippen molar-refractivity contribution in [2.24, 2.45) is 0 Å². The summed E-state index contributed by atoms with van der Waals surface area (Å²) in [6.45, 7) is 3.86. The first-order valence-electron chi connectivity index (χ1n) is 11.7. The van der Waals surface area contributed by atoms with Gasteiger partial charge in [0.25, 0.3) is 0 Å². The molecule has 0 saturated carbocycles. The Balaban J connectivity index is 1.91. The minimum Gasteiger partial charge on any atom is -0.427 e. The van der Waals surface area contributed by atoms with Crippen LogP contribution in [0.2, 0.25) is 0 Å². The van der Waals surface area contributed by atoms with Crippen LogP contribution in [0.3, 0.4) is 0 Å². The zero-order valence-corrected chi connectivity index (χ0v) is 18.6. The van der Waals surface area contributed by atoms with Crippen molar-refractivity contribution in [2.75, 3.05) is 7.11 Å². The molecule has 1 rings (SSSR count). The molecule has 28 heavy (non-hydrogen) atoms. The van der Waals surface area contributed by atoms with E-state index in [1.54, 1.807) is 6.92 Å². The van der Waals surface area contributed by atoms with Gasteiger partial charge in [0.2, 0.25) is 5.79 Å². The molecule has 0 aromatic rings. The third-order valence-electron chi connectivity index (χ3n) is 5.90. The topological polar surface area (TPSA) is 55.8 Å². The molecule has 0 radical (unpaired) electrons. The minimum atomic E-state index is -1.24. The molecular formula is C24H44O4. The molecule has 1 fully saturated rings. The molecule has 1 saturated heterocycles. The monoisotopic (exact) mass is 396 g/mol. The number of methoxy groups -OCH3 is 1. The molecule has 2 unspecified atom stereocenters. The van der Waals surface area contributed by atoms with Crippen molar-refractivity contribution in [3.8, 4) is 0 Å². The van der Waals surface area contributed by atoms with E-state index in [-0.39, 0.29) is 0 Å². The van der Waals surface area contributed by atoms with E-state index in [1.807, 2.05) is 6.08 Å². The molecular weight excluding hydrogens is 352 g/mol. The van der Waals surface area contributed by atoms with Crippen LogP contribution >= 0.6 is 0 Å². The van der Waals surface area contributed by atoms with Crippen LogP contribution in [0.4, 0.5) is 0 Å². The molecule has 1 heterocycles. The van der Waals surface area contributed by atoms with E-state index in [2.05, 4.69) is 6.92 Å². The first-order chi connectivity index (χ1) is 13.5. The predicted molar refractivity (Wildman–Crippen MR) is 115 cm³/mol. The van der Waals surface area contributed by atoms with Crippen LogP contribution in [0.5, 0.6) is 0 Å². The van der Waals surface area contributed by atoms with Crippen LogP contribution in [0.25, 0.3) is 0 Å². The van der Waals surface area contributed by atoms with Gasteiger partial charge in [-0.3, -0.25) is 0 Å². The Morgan fingerprint density at radius 3 is 1.71 bits per heavy atom. The summed E-state index contributed by atoms with van der Waals surface area (Å²) in [5.74, 6) is -1.70. The van der Waals surface area contributed by atoms with Crippen LogP contribution in [-0.4, -0.2) is 30.1 Å². The van der Waals surface area contributed by atoms with Gasteiger partial charge in [-0.1, -0.05) is 103 Å². The zero-order chi connectivity index (χ0) is 20.7. The third kappa shape index (κ3) is 9.56. The van der Waals surface area contributed by atoms with Gasteiger partial charge in [-0.05, 0) is 12.8 Å². The number of hydrogen-bond donors (Lipinski definition) is 1. The highest BCUT2D eigenvalue weighted by molar-refractivity contribution is 5.92. The van der Waals surface area contributed by atoms with E-state index in [0.717, 1.165) is 12.8 Å². The van der Waals surface area contributed by atoms with E-state index in [4.69, 9.17) is 9.47 Å². The zero-order valence-electron chi connectivity index (χ0n) is 18.6. The lowest BCUT2D eigenvalue weighted by atomic mass is 10.0. The summed E-state index contributed by atoms with van der Waals surface area (Å²) in [7, 11) is 1.44. The minimum absolute atomic E-state index is 0.342. The molecule has 0 aliphatic carbocycles. The van der Waals surface area contributed by atoms with E-state index in [9.17, 15) is 9.90 Å². The molecule has 1 aliphatic rings. The number of allylic oxidation sites excluding steroid dienone is 1. The van der Waals surface area contributed by atoms with E-state index < -0.39 is 17.9 Å². The maximum atomic E-state index is 11.8. The highest BCUT2D eigenvalue weighted by atomic mass is 16.7. The van der Waals surface area contributed by atoms with Gasteiger partial charge in [0.1, 0.15) is 0 Å². The van der Waals surface area contributed by atoms with Gasteiger partial charge in [-0.2, -0.15) is 0 Å². The summed E-state index contributed by atoms with van der Waals surface area (Å²) in [6.07, 6.45) is 21.8.